The van der Waals surface area contributed by atoms with Gasteiger partial charge in [-0.05, 0) is 36.8 Å². The first kappa shape index (κ1) is 15.5. The van der Waals surface area contributed by atoms with Crippen LogP contribution in [0.3, 0.4) is 0 Å². The zero-order chi connectivity index (χ0) is 15.8. The molecule has 0 N–H and O–H groups in total. The standard InChI is InChI=1S/C17H17N3O2/c1-2-22-16-10-8-15(9-11-16)20(17(21)12-19-18)13-14-6-4-3-5-7-14/h3-12H,2,13H2,1H3. The minimum atomic E-state index is -0.393. The van der Waals surface area contributed by atoms with E-state index in [0.29, 0.717) is 18.8 Å². The van der Waals surface area contributed by atoms with Crippen LogP contribution in [0, 0.1) is 0 Å². The highest BCUT2D eigenvalue weighted by molar-refractivity contribution is 6.30. The highest BCUT2D eigenvalue weighted by atomic mass is 16.5. The Hall–Kier alpha value is -2.91. The molecule has 0 atom stereocenters. The summed E-state index contributed by atoms with van der Waals surface area (Å²) in [6.07, 6.45) is 0.888. The molecule has 2 rings (SSSR count). The summed E-state index contributed by atoms with van der Waals surface area (Å²) >= 11 is 0. The molecule has 0 saturated heterocycles. The molecule has 0 heterocycles. The van der Waals surface area contributed by atoms with Gasteiger partial charge in [0.05, 0.1) is 13.2 Å². The Bertz CT molecular complexity index is 662. The molecule has 0 unspecified atom stereocenters. The summed E-state index contributed by atoms with van der Waals surface area (Å²) in [5, 5.41) is 0. The Morgan fingerprint density at radius 3 is 2.45 bits per heavy atom. The monoisotopic (exact) mass is 295 g/mol. The molecule has 0 fully saturated rings. The van der Waals surface area contributed by atoms with Crippen molar-refractivity contribution >= 4 is 17.8 Å². The van der Waals surface area contributed by atoms with Crippen LogP contribution in [-0.4, -0.2) is 23.5 Å². The van der Waals surface area contributed by atoms with E-state index in [1.165, 1.54) is 4.90 Å². The number of carbonyl (C=O) groups excluding carboxylic acids is 1. The SMILES string of the molecule is CCOc1ccc(N(Cc2ccccc2)C(=O)C=[N+]=[N-])cc1. The van der Waals surface area contributed by atoms with Gasteiger partial charge in [0.25, 0.3) is 0 Å². The summed E-state index contributed by atoms with van der Waals surface area (Å²) < 4.78 is 5.40. The molecular formula is C17H17N3O2. The van der Waals surface area contributed by atoms with Crippen molar-refractivity contribution in [2.75, 3.05) is 11.5 Å². The first-order valence-electron chi connectivity index (χ1n) is 7.00. The average molecular weight is 295 g/mol. The molecule has 0 saturated carbocycles. The Morgan fingerprint density at radius 1 is 1.18 bits per heavy atom. The quantitative estimate of drug-likeness (QED) is 0.467. The van der Waals surface area contributed by atoms with E-state index in [-0.39, 0.29) is 0 Å². The van der Waals surface area contributed by atoms with Crippen LogP contribution in [0.2, 0.25) is 0 Å². The van der Waals surface area contributed by atoms with Crippen molar-refractivity contribution < 1.29 is 14.3 Å². The number of hydrogen-bond acceptors (Lipinski definition) is 2. The van der Waals surface area contributed by atoms with Gasteiger partial charge in [0.15, 0.2) is 0 Å². The van der Waals surface area contributed by atoms with E-state index < -0.39 is 5.91 Å². The van der Waals surface area contributed by atoms with Crippen molar-refractivity contribution in [2.45, 2.75) is 13.5 Å². The van der Waals surface area contributed by atoms with Gasteiger partial charge in [-0.1, -0.05) is 30.3 Å². The van der Waals surface area contributed by atoms with Gasteiger partial charge in [-0.3, -0.25) is 9.69 Å². The van der Waals surface area contributed by atoms with Crippen LogP contribution in [0.4, 0.5) is 5.69 Å². The van der Waals surface area contributed by atoms with Crippen LogP contribution in [0.1, 0.15) is 12.5 Å². The molecule has 0 bridgehead atoms. The van der Waals surface area contributed by atoms with Crippen molar-refractivity contribution in [3.05, 3.63) is 65.7 Å². The summed E-state index contributed by atoms with van der Waals surface area (Å²) in [4.78, 5) is 16.5. The highest BCUT2D eigenvalue weighted by Crippen LogP contribution is 2.21. The van der Waals surface area contributed by atoms with E-state index in [1.807, 2.05) is 37.3 Å². The number of nitrogens with zero attached hydrogens (tertiary/aromatic N) is 3. The Kier molecular flexibility index (Phi) is 5.46. The van der Waals surface area contributed by atoms with Gasteiger partial charge >= 0.3 is 12.1 Å². The van der Waals surface area contributed by atoms with Crippen LogP contribution in [0.5, 0.6) is 5.75 Å². The van der Waals surface area contributed by atoms with Crippen LogP contribution in [0.15, 0.2) is 54.6 Å². The third-order valence-electron chi connectivity index (χ3n) is 3.08. The number of carbonyl (C=O) groups is 1. The van der Waals surface area contributed by atoms with E-state index in [0.717, 1.165) is 17.5 Å². The first-order chi connectivity index (χ1) is 10.7. The van der Waals surface area contributed by atoms with Gasteiger partial charge in [0, 0.05) is 5.69 Å². The fourth-order valence-electron chi connectivity index (χ4n) is 2.07. The molecule has 2 aromatic rings. The van der Waals surface area contributed by atoms with Gasteiger partial charge in [0.1, 0.15) is 5.75 Å². The Morgan fingerprint density at radius 2 is 1.86 bits per heavy atom. The largest absolute Gasteiger partial charge is 0.494 e. The summed E-state index contributed by atoms with van der Waals surface area (Å²) in [6.45, 7) is 2.89. The van der Waals surface area contributed by atoms with Crippen molar-refractivity contribution in [3.63, 3.8) is 0 Å². The molecule has 112 valence electrons. The van der Waals surface area contributed by atoms with Crippen molar-refractivity contribution in [3.8, 4) is 5.75 Å². The minimum absolute atomic E-state index is 0.389. The predicted molar refractivity (Wildman–Crippen MR) is 84.9 cm³/mol. The topological polar surface area (TPSA) is 65.9 Å². The molecule has 0 aliphatic rings. The molecular weight excluding hydrogens is 278 g/mol. The number of anilines is 1. The number of amides is 1. The maximum Gasteiger partial charge on any atom is 0.345 e. The van der Waals surface area contributed by atoms with E-state index in [4.69, 9.17) is 10.3 Å². The normalized spacial score (nSPS) is 9.68. The summed E-state index contributed by atoms with van der Waals surface area (Å²) in [5.74, 6) is 0.352. The van der Waals surface area contributed by atoms with Crippen LogP contribution in [0.25, 0.3) is 5.53 Å². The summed E-state index contributed by atoms with van der Waals surface area (Å²) in [6, 6.07) is 16.8. The molecule has 5 heteroatoms. The van der Waals surface area contributed by atoms with Crippen molar-refractivity contribution in [1.82, 2.24) is 0 Å². The average Bonchev–Trinajstić information content (AvgIpc) is 2.55. The lowest BCUT2D eigenvalue weighted by molar-refractivity contribution is -0.115. The van der Waals surface area contributed by atoms with Crippen molar-refractivity contribution in [1.29, 1.82) is 0 Å². The van der Waals surface area contributed by atoms with E-state index in [1.54, 1.807) is 24.3 Å². The smallest absolute Gasteiger partial charge is 0.345 e. The van der Waals surface area contributed by atoms with Gasteiger partial charge < -0.3 is 10.3 Å². The second-order valence-corrected chi connectivity index (χ2v) is 4.58. The Labute approximate surface area is 129 Å². The lowest BCUT2D eigenvalue weighted by Gasteiger charge is -2.20. The maximum atomic E-state index is 12.1. The second kappa shape index (κ2) is 7.76. The highest BCUT2D eigenvalue weighted by Gasteiger charge is 2.17. The molecule has 0 aliphatic heterocycles. The van der Waals surface area contributed by atoms with Gasteiger partial charge in [-0.25, -0.2) is 0 Å². The maximum absolute atomic E-state index is 12.1. The van der Waals surface area contributed by atoms with Crippen LogP contribution < -0.4 is 9.64 Å². The van der Waals surface area contributed by atoms with Crippen LogP contribution >= 0.6 is 0 Å². The molecule has 0 radical (unpaired) electrons. The van der Waals surface area contributed by atoms with E-state index >= 15 is 0 Å². The third kappa shape index (κ3) is 4.04. The van der Waals surface area contributed by atoms with E-state index in [9.17, 15) is 4.79 Å². The number of hydrogen-bond donors (Lipinski definition) is 0. The lowest BCUT2D eigenvalue weighted by Crippen LogP contribution is -2.31. The minimum Gasteiger partial charge on any atom is -0.494 e. The fraction of sp³-hybridized carbons (Fsp3) is 0.176. The predicted octanol–water partition coefficient (Wildman–Crippen LogP) is 2.92. The molecule has 0 aromatic heterocycles. The molecule has 2 aromatic carbocycles. The number of ether oxygens (including phenoxy) is 1. The molecule has 5 nitrogen and oxygen atoms in total. The first-order valence-corrected chi connectivity index (χ1v) is 7.00. The summed E-state index contributed by atoms with van der Waals surface area (Å²) in [5.41, 5.74) is 10.3. The van der Waals surface area contributed by atoms with E-state index in [2.05, 4.69) is 4.79 Å². The van der Waals surface area contributed by atoms with Crippen molar-refractivity contribution in [2.24, 2.45) is 0 Å². The zero-order valence-corrected chi connectivity index (χ0v) is 12.3. The van der Waals surface area contributed by atoms with Gasteiger partial charge in [-0.15, -0.1) is 0 Å². The van der Waals surface area contributed by atoms with Gasteiger partial charge in [0.2, 0.25) is 0 Å². The molecule has 1 amide bonds. The second-order valence-electron chi connectivity index (χ2n) is 4.58. The lowest BCUT2D eigenvalue weighted by atomic mass is 10.2. The Balaban J connectivity index is 2.27. The third-order valence-corrected chi connectivity index (χ3v) is 3.08. The molecule has 0 spiro atoms. The fourth-order valence-corrected chi connectivity index (χ4v) is 2.07. The zero-order valence-electron chi connectivity index (χ0n) is 12.3. The van der Waals surface area contributed by atoms with Gasteiger partial charge in [-0.2, -0.15) is 4.79 Å². The summed E-state index contributed by atoms with van der Waals surface area (Å²) in [7, 11) is 0. The molecule has 0 aliphatic carbocycles. The molecule has 22 heavy (non-hydrogen) atoms. The number of rotatable bonds is 6. The van der Waals surface area contributed by atoms with Crippen LogP contribution in [-0.2, 0) is 11.3 Å². The number of benzene rings is 2.